The van der Waals surface area contributed by atoms with Crippen molar-refractivity contribution < 1.29 is 14.3 Å². The summed E-state index contributed by atoms with van der Waals surface area (Å²) >= 11 is 6.05. The third kappa shape index (κ3) is 3.15. The molecule has 1 aliphatic rings. The zero-order valence-electron chi connectivity index (χ0n) is 13.4. The lowest BCUT2D eigenvalue weighted by Crippen LogP contribution is -2.42. The molecule has 3 rings (SSSR count). The number of morpholine rings is 1. The van der Waals surface area contributed by atoms with Gasteiger partial charge in [-0.15, -0.1) is 0 Å². The molecule has 9 heteroatoms. The van der Waals surface area contributed by atoms with E-state index in [1.54, 1.807) is 11.0 Å². The SMILES string of the molecule is COc1cc(N)c(Cl)cc1C(=O)N1CCOC(c2n[nH]c(C)n2)C1. The number of aryl methyl sites for hydroxylation is 1. The molecule has 3 N–H and O–H groups in total. The quantitative estimate of drug-likeness (QED) is 0.813. The van der Waals surface area contributed by atoms with Crippen molar-refractivity contribution in [2.24, 2.45) is 0 Å². The topological polar surface area (TPSA) is 106 Å². The van der Waals surface area contributed by atoms with Gasteiger partial charge in [-0.05, 0) is 13.0 Å². The number of ether oxygens (including phenoxy) is 2. The summed E-state index contributed by atoms with van der Waals surface area (Å²) in [6.45, 7) is 3.02. The van der Waals surface area contributed by atoms with E-state index < -0.39 is 0 Å². The monoisotopic (exact) mass is 351 g/mol. The molecule has 0 radical (unpaired) electrons. The van der Waals surface area contributed by atoms with Crippen LogP contribution in [0.15, 0.2) is 12.1 Å². The number of carbonyl (C=O) groups excluding carboxylic acids is 1. The van der Waals surface area contributed by atoms with Crippen LogP contribution in [0.4, 0.5) is 5.69 Å². The first-order valence-corrected chi connectivity index (χ1v) is 7.80. The molecule has 0 bridgehead atoms. The van der Waals surface area contributed by atoms with Crippen molar-refractivity contribution in [3.8, 4) is 5.75 Å². The van der Waals surface area contributed by atoms with Crippen molar-refractivity contribution in [1.82, 2.24) is 20.1 Å². The number of amides is 1. The lowest BCUT2D eigenvalue weighted by molar-refractivity contribution is -0.0267. The van der Waals surface area contributed by atoms with E-state index in [2.05, 4.69) is 15.2 Å². The Morgan fingerprint density at radius 3 is 3.00 bits per heavy atom. The Balaban J connectivity index is 1.83. The Hall–Kier alpha value is -2.32. The second-order valence-electron chi connectivity index (χ2n) is 5.46. The second-order valence-corrected chi connectivity index (χ2v) is 5.87. The van der Waals surface area contributed by atoms with E-state index in [0.717, 1.165) is 0 Å². The molecule has 128 valence electrons. The van der Waals surface area contributed by atoms with Crippen molar-refractivity contribution >= 4 is 23.2 Å². The van der Waals surface area contributed by atoms with Crippen LogP contribution in [0.1, 0.15) is 28.1 Å². The lowest BCUT2D eigenvalue weighted by atomic mass is 10.1. The molecule has 1 amide bonds. The van der Waals surface area contributed by atoms with Gasteiger partial charge in [-0.25, -0.2) is 4.98 Å². The number of nitrogen functional groups attached to an aromatic ring is 1. The molecule has 1 saturated heterocycles. The molecule has 1 aromatic heterocycles. The largest absolute Gasteiger partial charge is 0.496 e. The summed E-state index contributed by atoms with van der Waals surface area (Å²) in [6.07, 6.45) is -0.372. The number of nitrogens with one attached hydrogen (secondary N) is 1. The summed E-state index contributed by atoms with van der Waals surface area (Å²) in [7, 11) is 1.48. The minimum Gasteiger partial charge on any atom is -0.496 e. The molecule has 1 aromatic carbocycles. The number of anilines is 1. The van der Waals surface area contributed by atoms with Gasteiger partial charge in [0.1, 0.15) is 17.7 Å². The van der Waals surface area contributed by atoms with Gasteiger partial charge in [0.25, 0.3) is 5.91 Å². The predicted molar refractivity (Wildman–Crippen MR) is 88.1 cm³/mol. The first-order chi connectivity index (χ1) is 11.5. The Bertz CT molecular complexity index is 764. The minimum absolute atomic E-state index is 0.200. The summed E-state index contributed by atoms with van der Waals surface area (Å²) in [4.78, 5) is 18.8. The number of aromatic amines is 1. The van der Waals surface area contributed by atoms with E-state index in [9.17, 15) is 4.79 Å². The Labute approximate surface area is 143 Å². The van der Waals surface area contributed by atoms with E-state index in [-0.39, 0.29) is 12.0 Å². The van der Waals surface area contributed by atoms with Gasteiger partial charge in [0.05, 0.1) is 36.5 Å². The van der Waals surface area contributed by atoms with Crippen LogP contribution in [0.2, 0.25) is 5.02 Å². The molecule has 2 aromatic rings. The van der Waals surface area contributed by atoms with Crippen LogP contribution >= 0.6 is 11.6 Å². The standard InChI is InChI=1S/C15H18ClN5O3/c1-8-18-14(20-19-8)13-7-21(3-4-24-13)15(22)9-5-10(16)11(17)6-12(9)23-2/h5-6,13H,3-4,7,17H2,1-2H3,(H,18,19,20). The maximum absolute atomic E-state index is 12.9. The van der Waals surface area contributed by atoms with Gasteiger partial charge in [0, 0.05) is 12.6 Å². The van der Waals surface area contributed by atoms with Crippen LogP contribution in [0.5, 0.6) is 5.75 Å². The normalized spacial score (nSPS) is 17.8. The minimum atomic E-state index is -0.372. The molecule has 0 spiro atoms. The third-order valence-corrected chi connectivity index (χ3v) is 4.13. The molecule has 2 heterocycles. The number of benzene rings is 1. The van der Waals surface area contributed by atoms with Gasteiger partial charge in [-0.1, -0.05) is 11.6 Å². The molecule has 1 fully saturated rings. The first-order valence-electron chi connectivity index (χ1n) is 7.42. The van der Waals surface area contributed by atoms with Crippen LogP contribution in [0.25, 0.3) is 0 Å². The van der Waals surface area contributed by atoms with Gasteiger partial charge >= 0.3 is 0 Å². The molecule has 0 aliphatic carbocycles. The van der Waals surface area contributed by atoms with Crippen LogP contribution in [-0.4, -0.2) is 52.8 Å². The summed E-state index contributed by atoms with van der Waals surface area (Å²) in [5, 5.41) is 7.20. The maximum atomic E-state index is 12.9. The molecule has 0 saturated carbocycles. The number of methoxy groups -OCH3 is 1. The average Bonchev–Trinajstić information content (AvgIpc) is 3.03. The van der Waals surface area contributed by atoms with E-state index in [1.807, 2.05) is 6.92 Å². The number of rotatable bonds is 3. The number of hydrogen-bond donors (Lipinski definition) is 2. The van der Waals surface area contributed by atoms with Gasteiger partial charge in [-0.2, -0.15) is 5.10 Å². The zero-order chi connectivity index (χ0) is 17.3. The highest BCUT2D eigenvalue weighted by molar-refractivity contribution is 6.33. The van der Waals surface area contributed by atoms with Gasteiger partial charge in [0.2, 0.25) is 0 Å². The Morgan fingerprint density at radius 1 is 1.54 bits per heavy atom. The van der Waals surface area contributed by atoms with Crippen molar-refractivity contribution in [1.29, 1.82) is 0 Å². The maximum Gasteiger partial charge on any atom is 0.257 e. The summed E-state index contributed by atoms with van der Waals surface area (Å²) in [5.41, 5.74) is 6.49. The second kappa shape index (κ2) is 6.66. The van der Waals surface area contributed by atoms with Crippen molar-refractivity contribution in [3.05, 3.63) is 34.4 Å². The smallest absolute Gasteiger partial charge is 0.257 e. The fraction of sp³-hybridized carbons (Fsp3) is 0.400. The number of hydrogen-bond acceptors (Lipinski definition) is 6. The summed E-state index contributed by atoms with van der Waals surface area (Å²) in [6, 6.07) is 3.07. The van der Waals surface area contributed by atoms with Crippen LogP contribution in [-0.2, 0) is 4.74 Å². The summed E-state index contributed by atoms with van der Waals surface area (Å²) in [5.74, 6) is 1.42. The van der Waals surface area contributed by atoms with E-state index in [0.29, 0.717) is 53.4 Å². The van der Waals surface area contributed by atoms with E-state index in [1.165, 1.54) is 13.2 Å². The molecular formula is C15H18ClN5O3. The summed E-state index contributed by atoms with van der Waals surface area (Å²) < 4.78 is 10.9. The number of nitrogens with zero attached hydrogens (tertiary/aromatic N) is 3. The molecule has 1 atom stereocenters. The molecule has 24 heavy (non-hydrogen) atoms. The van der Waals surface area contributed by atoms with E-state index in [4.69, 9.17) is 26.8 Å². The van der Waals surface area contributed by atoms with Crippen molar-refractivity contribution in [3.63, 3.8) is 0 Å². The predicted octanol–water partition coefficient (Wildman–Crippen LogP) is 1.57. The molecule has 1 aliphatic heterocycles. The third-order valence-electron chi connectivity index (χ3n) is 3.81. The highest BCUT2D eigenvalue weighted by Crippen LogP contribution is 2.31. The fourth-order valence-electron chi connectivity index (χ4n) is 2.57. The van der Waals surface area contributed by atoms with Crippen LogP contribution < -0.4 is 10.5 Å². The number of carbonyl (C=O) groups is 1. The van der Waals surface area contributed by atoms with Gasteiger partial charge < -0.3 is 20.1 Å². The fourth-order valence-corrected chi connectivity index (χ4v) is 2.73. The van der Waals surface area contributed by atoms with Gasteiger partial charge in [0.15, 0.2) is 5.82 Å². The Kier molecular flexibility index (Phi) is 4.59. The average molecular weight is 352 g/mol. The Morgan fingerprint density at radius 2 is 2.33 bits per heavy atom. The van der Waals surface area contributed by atoms with Crippen molar-refractivity contribution in [2.45, 2.75) is 13.0 Å². The molecular weight excluding hydrogens is 334 g/mol. The number of nitrogens with two attached hydrogens (primary N) is 1. The number of aromatic nitrogens is 3. The van der Waals surface area contributed by atoms with Crippen LogP contribution in [0.3, 0.4) is 0 Å². The molecule has 1 unspecified atom stereocenters. The lowest BCUT2D eigenvalue weighted by Gasteiger charge is -2.32. The first kappa shape index (κ1) is 16.5. The van der Waals surface area contributed by atoms with Crippen LogP contribution in [0, 0.1) is 6.92 Å². The highest BCUT2D eigenvalue weighted by atomic mass is 35.5. The van der Waals surface area contributed by atoms with E-state index >= 15 is 0 Å². The number of H-pyrrole nitrogens is 1. The van der Waals surface area contributed by atoms with Crippen molar-refractivity contribution in [2.75, 3.05) is 32.5 Å². The number of halogens is 1. The zero-order valence-corrected chi connectivity index (χ0v) is 14.1. The highest BCUT2D eigenvalue weighted by Gasteiger charge is 2.30. The van der Waals surface area contributed by atoms with Gasteiger partial charge in [-0.3, -0.25) is 9.89 Å². The molecule has 8 nitrogen and oxygen atoms in total.